The molecule has 2 amide bonds. The molecule has 2 fully saturated rings. The Hall–Kier alpha value is -3.35. The standard InChI is InChI=1S/C28H32N2O5/c31-26(30-25-11-5-10-23(25)27(32)33)14-17-12-18(13-17)15-29-28(34)35-16-24-21-8-3-1-6-19(21)20-7-2-4-9-22(20)24/h1-4,6-9,17-18,23-25H,5,10-16H2,(H,29,34)(H,30,31)(H,32,33). The van der Waals surface area contributed by atoms with Crippen molar-refractivity contribution in [3.05, 3.63) is 59.7 Å². The van der Waals surface area contributed by atoms with Gasteiger partial charge >= 0.3 is 12.1 Å². The molecule has 0 bridgehead atoms. The average Bonchev–Trinajstić information content (AvgIpc) is 3.41. The van der Waals surface area contributed by atoms with E-state index < -0.39 is 18.0 Å². The summed E-state index contributed by atoms with van der Waals surface area (Å²) in [6, 6.07) is 16.3. The van der Waals surface area contributed by atoms with E-state index >= 15 is 0 Å². The van der Waals surface area contributed by atoms with Crippen molar-refractivity contribution in [3.63, 3.8) is 0 Å². The van der Waals surface area contributed by atoms with Gasteiger partial charge in [0.1, 0.15) is 6.61 Å². The third-order valence-corrected chi connectivity index (χ3v) is 7.87. The van der Waals surface area contributed by atoms with E-state index in [9.17, 15) is 19.5 Å². The summed E-state index contributed by atoms with van der Waals surface area (Å²) in [5, 5.41) is 15.1. The number of carboxylic acids is 1. The molecule has 2 saturated carbocycles. The van der Waals surface area contributed by atoms with E-state index in [1.807, 2.05) is 24.3 Å². The molecule has 0 spiro atoms. The van der Waals surface area contributed by atoms with Crippen LogP contribution in [0.2, 0.25) is 0 Å². The minimum absolute atomic E-state index is 0.0420. The second-order valence-electron chi connectivity index (χ2n) is 10.2. The Kier molecular flexibility index (Phi) is 6.75. The fourth-order valence-corrected chi connectivity index (χ4v) is 6.04. The van der Waals surface area contributed by atoms with Gasteiger partial charge in [0.05, 0.1) is 5.92 Å². The molecule has 7 nitrogen and oxygen atoms in total. The SMILES string of the molecule is O=C(CC1CC(CNC(=O)OCC2c3ccccc3-c3ccccc32)C1)NC1CCCC1C(=O)O. The van der Waals surface area contributed by atoms with E-state index in [0.717, 1.165) is 25.7 Å². The topological polar surface area (TPSA) is 105 Å². The van der Waals surface area contributed by atoms with Gasteiger partial charge in [-0.15, -0.1) is 0 Å². The molecule has 2 unspecified atom stereocenters. The van der Waals surface area contributed by atoms with Gasteiger partial charge in [-0.25, -0.2) is 4.79 Å². The van der Waals surface area contributed by atoms with Crippen molar-refractivity contribution < 1.29 is 24.2 Å². The second-order valence-corrected chi connectivity index (χ2v) is 10.2. The normalized spacial score (nSPS) is 24.7. The monoisotopic (exact) mass is 476 g/mol. The summed E-state index contributed by atoms with van der Waals surface area (Å²) in [4.78, 5) is 36.0. The summed E-state index contributed by atoms with van der Waals surface area (Å²) >= 11 is 0. The zero-order chi connectivity index (χ0) is 24.4. The maximum atomic E-state index is 12.4. The Labute approximate surface area is 205 Å². The highest BCUT2D eigenvalue weighted by molar-refractivity contribution is 5.79. The number of carbonyl (C=O) groups excluding carboxylic acids is 2. The predicted molar refractivity (Wildman–Crippen MR) is 131 cm³/mol. The van der Waals surface area contributed by atoms with E-state index in [2.05, 4.69) is 34.9 Å². The number of rotatable bonds is 8. The molecule has 0 saturated heterocycles. The second kappa shape index (κ2) is 10.1. The number of carbonyl (C=O) groups is 3. The third kappa shape index (κ3) is 5.04. The van der Waals surface area contributed by atoms with Gasteiger partial charge in [0.25, 0.3) is 0 Å². The maximum Gasteiger partial charge on any atom is 0.407 e. The van der Waals surface area contributed by atoms with Gasteiger partial charge in [-0.05, 0) is 59.8 Å². The van der Waals surface area contributed by atoms with Crippen molar-refractivity contribution in [2.24, 2.45) is 17.8 Å². The molecule has 3 N–H and O–H groups in total. The number of carboxylic acid groups (broad SMARTS) is 1. The van der Waals surface area contributed by atoms with Crippen LogP contribution in [0.25, 0.3) is 11.1 Å². The van der Waals surface area contributed by atoms with Crippen LogP contribution < -0.4 is 10.6 Å². The first-order valence-corrected chi connectivity index (χ1v) is 12.6. The lowest BCUT2D eigenvalue weighted by Crippen LogP contribution is -2.43. The molecule has 2 aromatic rings. The summed E-state index contributed by atoms with van der Waals surface area (Å²) in [7, 11) is 0. The number of nitrogens with one attached hydrogen (secondary N) is 2. The van der Waals surface area contributed by atoms with Gasteiger partial charge in [0.15, 0.2) is 0 Å². The smallest absolute Gasteiger partial charge is 0.407 e. The molecule has 0 aliphatic heterocycles. The van der Waals surface area contributed by atoms with Gasteiger partial charge in [0.2, 0.25) is 5.91 Å². The summed E-state index contributed by atoms with van der Waals surface area (Å²) in [5.41, 5.74) is 4.78. The molecule has 3 aliphatic rings. The molecule has 184 valence electrons. The first-order valence-electron chi connectivity index (χ1n) is 12.6. The highest BCUT2D eigenvalue weighted by Crippen LogP contribution is 2.44. The van der Waals surface area contributed by atoms with Crippen LogP contribution in [0.3, 0.4) is 0 Å². The quantitative estimate of drug-likeness (QED) is 0.527. The number of amides is 2. The van der Waals surface area contributed by atoms with Gasteiger partial charge < -0.3 is 20.5 Å². The lowest BCUT2D eigenvalue weighted by molar-refractivity contribution is -0.142. The number of ether oxygens (including phenoxy) is 1. The number of hydrogen-bond donors (Lipinski definition) is 3. The van der Waals surface area contributed by atoms with E-state index in [0.29, 0.717) is 31.9 Å². The minimum atomic E-state index is -0.823. The lowest BCUT2D eigenvalue weighted by Gasteiger charge is -2.35. The summed E-state index contributed by atoms with van der Waals surface area (Å²) in [6.07, 6.45) is 3.98. The van der Waals surface area contributed by atoms with Gasteiger partial charge in [-0.3, -0.25) is 9.59 Å². The number of hydrogen-bond acceptors (Lipinski definition) is 4. The fourth-order valence-electron chi connectivity index (χ4n) is 6.04. The van der Waals surface area contributed by atoms with Crippen LogP contribution in [0.1, 0.15) is 55.6 Å². The van der Waals surface area contributed by atoms with Crippen LogP contribution in [-0.4, -0.2) is 42.3 Å². The number of alkyl carbamates (subject to hydrolysis) is 1. The van der Waals surface area contributed by atoms with Crippen molar-refractivity contribution in [1.82, 2.24) is 10.6 Å². The third-order valence-electron chi connectivity index (χ3n) is 7.87. The number of aliphatic carboxylic acids is 1. The van der Waals surface area contributed by atoms with E-state index in [-0.39, 0.29) is 23.8 Å². The first kappa shape index (κ1) is 23.4. The zero-order valence-electron chi connectivity index (χ0n) is 19.7. The summed E-state index contributed by atoms with van der Waals surface area (Å²) in [5.74, 6) is -0.678. The van der Waals surface area contributed by atoms with Crippen molar-refractivity contribution in [2.75, 3.05) is 13.2 Å². The van der Waals surface area contributed by atoms with Crippen molar-refractivity contribution >= 4 is 18.0 Å². The van der Waals surface area contributed by atoms with Crippen LogP contribution in [0.5, 0.6) is 0 Å². The lowest BCUT2D eigenvalue weighted by atomic mass is 9.73. The molecular weight excluding hydrogens is 444 g/mol. The average molecular weight is 477 g/mol. The Morgan fingerprint density at radius 3 is 2.23 bits per heavy atom. The van der Waals surface area contributed by atoms with Gasteiger partial charge in [-0.2, -0.15) is 0 Å². The number of benzene rings is 2. The minimum Gasteiger partial charge on any atom is -0.481 e. The van der Waals surface area contributed by atoms with E-state index in [4.69, 9.17) is 4.74 Å². The molecule has 0 aromatic heterocycles. The summed E-state index contributed by atoms with van der Waals surface area (Å²) < 4.78 is 5.59. The van der Waals surface area contributed by atoms with Gasteiger partial charge in [0, 0.05) is 24.9 Å². The first-order chi connectivity index (χ1) is 17.0. The van der Waals surface area contributed by atoms with Crippen molar-refractivity contribution in [3.8, 4) is 11.1 Å². The number of fused-ring (bicyclic) bond motifs is 3. The van der Waals surface area contributed by atoms with Crippen LogP contribution >= 0.6 is 0 Å². The van der Waals surface area contributed by atoms with Crippen molar-refractivity contribution in [1.29, 1.82) is 0 Å². The molecule has 3 aliphatic carbocycles. The Morgan fingerprint density at radius 1 is 0.914 bits per heavy atom. The molecule has 0 radical (unpaired) electrons. The maximum absolute atomic E-state index is 12.4. The molecule has 2 atom stereocenters. The van der Waals surface area contributed by atoms with Crippen LogP contribution in [0, 0.1) is 17.8 Å². The van der Waals surface area contributed by atoms with Crippen molar-refractivity contribution in [2.45, 2.75) is 50.5 Å². The molecule has 35 heavy (non-hydrogen) atoms. The van der Waals surface area contributed by atoms with E-state index in [1.54, 1.807) is 0 Å². The Balaban J connectivity index is 1.02. The van der Waals surface area contributed by atoms with Crippen LogP contribution in [0.4, 0.5) is 4.79 Å². The highest BCUT2D eigenvalue weighted by atomic mass is 16.5. The van der Waals surface area contributed by atoms with E-state index in [1.165, 1.54) is 22.3 Å². The summed E-state index contributed by atoms with van der Waals surface area (Å²) in [6.45, 7) is 0.838. The molecule has 0 heterocycles. The molecule has 7 heteroatoms. The Morgan fingerprint density at radius 2 is 1.57 bits per heavy atom. The molecule has 2 aromatic carbocycles. The Bertz CT molecular complexity index is 1060. The zero-order valence-corrected chi connectivity index (χ0v) is 19.7. The van der Waals surface area contributed by atoms with Gasteiger partial charge in [-0.1, -0.05) is 55.0 Å². The molecule has 5 rings (SSSR count). The predicted octanol–water partition coefficient (Wildman–Crippen LogP) is 4.31. The fraction of sp³-hybridized carbons (Fsp3) is 0.464. The highest BCUT2D eigenvalue weighted by Gasteiger charge is 2.36. The largest absolute Gasteiger partial charge is 0.481 e. The van der Waals surface area contributed by atoms with Crippen LogP contribution in [-0.2, 0) is 14.3 Å². The molecular formula is C28H32N2O5. The van der Waals surface area contributed by atoms with Crippen LogP contribution in [0.15, 0.2) is 48.5 Å².